The summed E-state index contributed by atoms with van der Waals surface area (Å²) >= 11 is 4.94. The van der Waals surface area contributed by atoms with Gasteiger partial charge in [0.25, 0.3) is 5.91 Å². The van der Waals surface area contributed by atoms with E-state index in [2.05, 4.69) is 28.2 Å². The SMILES string of the molecule is CCC1CC1NC(=O)c1cc(C)c(Br)s1. The molecule has 1 amide bonds. The minimum atomic E-state index is 0.0785. The summed E-state index contributed by atoms with van der Waals surface area (Å²) in [4.78, 5) is 12.6. The molecule has 1 aromatic rings. The number of halogens is 1. The number of amides is 1. The number of nitrogens with one attached hydrogen (secondary N) is 1. The minimum Gasteiger partial charge on any atom is -0.348 e. The summed E-state index contributed by atoms with van der Waals surface area (Å²) in [7, 11) is 0. The maximum absolute atomic E-state index is 11.8. The van der Waals surface area contributed by atoms with E-state index in [-0.39, 0.29) is 5.91 Å². The van der Waals surface area contributed by atoms with E-state index in [9.17, 15) is 4.79 Å². The maximum atomic E-state index is 11.8. The fourth-order valence-corrected chi connectivity index (χ4v) is 3.12. The first-order valence-corrected chi connectivity index (χ1v) is 6.79. The lowest BCUT2D eigenvalue weighted by atomic mass is 10.3. The van der Waals surface area contributed by atoms with Gasteiger partial charge in [0.05, 0.1) is 8.66 Å². The summed E-state index contributed by atoms with van der Waals surface area (Å²) < 4.78 is 1.05. The summed E-state index contributed by atoms with van der Waals surface area (Å²) in [6, 6.07) is 2.36. The number of carbonyl (C=O) groups is 1. The topological polar surface area (TPSA) is 29.1 Å². The molecule has 1 aliphatic carbocycles. The lowest BCUT2D eigenvalue weighted by molar-refractivity contribution is 0.0953. The van der Waals surface area contributed by atoms with E-state index in [1.54, 1.807) is 0 Å². The Morgan fingerprint density at radius 2 is 2.47 bits per heavy atom. The fraction of sp³-hybridized carbons (Fsp3) is 0.545. The van der Waals surface area contributed by atoms with E-state index in [1.807, 2.05) is 13.0 Å². The molecule has 1 fully saturated rings. The number of hydrogen-bond acceptors (Lipinski definition) is 2. The molecule has 0 radical (unpaired) electrons. The van der Waals surface area contributed by atoms with Crippen LogP contribution in [0.4, 0.5) is 0 Å². The zero-order chi connectivity index (χ0) is 11.0. The van der Waals surface area contributed by atoms with Gasteiger partial charge in [-0.15, -0.1) is 11.3 Å². The zero-order valence-corrected chi connectivity index (χ0v) is 11.2. The number of aryl methyl sites for hydroxylation is 1. The molecule has 0 spiro atoms. The predicted octanol–water partition coefficient (Wildman–Crippen LogP) is 3.35. The predicted molar refractivity (Wildman–Crippen MR) is 66.4 cm³/mol. The Labute approximate surface area is 102 Å². The van der Waals surface area contributed by atoms with Gasteiger partial charge in [0.2, 0.25) is 0 Å². The maximum Gasteiger partial charge on any atom is 0.261 e. The van der Waals surface area contributed by atoms with Gasteiger partial charge in [-0.25, -0.2) is 0 Å². The number of carbonyl (C=O) groups excluding carboxylic acids is 1. The van der Waals surface area contributed by atoms with Crippen LogP contribution in [0.15, 0.2) is 9.85 Å². The second kappa shape index (κ2) is 4.26. The van der Waals surface area contributed by atoms with E-state index < -0.39 is 0 Å². The molecule has 1 aliphatic rings. The molecule has 1 saturated carbocycles. The molecular formula is C11H14BrNOS. The summed E-state index contributed by atoms with van der Waals surface area (Å²) in [6.07, 6.45) is 2.31. The monoisotopic (exact) mass is 287 g/mol. The summed E-state index contributed by atoms with van der Waals surface area (Å²) in [5.41, 5.74) is 1.13. The first-order valence-electron chi connectivity index (χ1n) is 5.18. The van der Waals surface area contributed by atoms with Crippen LogP contribution in [0.1, 0.15) is 35.0 Å². The Kier molecular flexibility index (Phi) is 3.16. The van der Waals surface area contributed by atoms with Crippen molar-refractivity contribution in [2.75, 3.05) is 0 Å². The van der Waals surface area contributed by atoms with E-state index in [0.29, 0.717) is 12.0 Å². The fourth-order valence-electron chi connectivity index (χ4n) is 1.69. The third-order valence-corrected chi connectivity index (χ3v) is 4.98. The third-order valence-electron chi connectivity index (χ3n) is 2.84. The second-order valence-electron chi connectivity index (χ2n) is 4.05. The van der Waals surface area contributed by atoms with E-state index in [0.717, 1.165) is 27.1 Å². The standard InChI is InChI=1S/C11H14BrNOS/c1-3-7-5-8(7)13-11(14)9-4-6(2)10(12)15-9/h4,7-8H,3,5H2,1-2H3,(H,13,14). The molecule has 2 nitrogen and oxygen atoms in total. The van der Waals surface area contributed by atoms with Gasteiger partial charge in [0, 0.05) is 6.04 Å². The molecular weight excluding hydrogens is 274 g/mol. The molecule has 1 N–H and O–H groups in total. The lowest BCUT2D eigenvalue weighted by Gasteiger charge is -2.00. The number of rotatable bonds is 3. The average Bonchev–Trinajstić information content (AvgIpc) is 2.86. The van der Waals surface area contributed by atoms with Crippen LogP contribution in [0.25, 0.3) is 0 Å². The van der Waals surface area contributed by atoms with Crippen LogP contribution in [0.3, 0.4) is 0 Å². The normalized spacial score (nSPS) is 23.9. The molecule has 2 unspecified atom stereocenters. The first kappa shape index (κ1) is 11.1. The molecule has 82 valence electrons. The Morgan fingerprint density at radius 3 is 2.93 bits per heavy atom. The quantitative estimate of drug-likeness (QED) is 0.908. The molecule has 1 heterocycles. The van der Waals surface area contributed by atoms with E-state index in [1.165, 1.54) is 11.3 Å². The van der Waals surface area contributed by atoms with Crippen LogP contribution in [-0.4, -0.2) is 11.9 Å². The number of hydrogen-bond donors (Lipinski definition) is 1. The van der Waals surface area contributed by atoms with Crippen molar-refractivity contribution in [3.8, 4) is 0 Å². The smallest absolute Gasteiger partial charge is 0.261 e. The summed E-state index contributed by atoms with van der Waals surface area (Å²) in [5.74, 6) is 0.785. The van der Waals surface area contributed by atoms with Crippen molar-refractivity contribution in [2.45, 2.75) is 32.7 Å². The molecule has 0 aliphatic heterocycles. The lowest BCUT2D eigenvalue weighted by Crippen LogP contribution is -2.25. The number of thiophene rings is 1. The Balaban J connectivity index is 1.97. The van der Waals surface area contributed by atoms with Crippen LogP contribution in [0.5, 0.6) is 0 Å². The van der Waals surface area contributed by atoms with Crippen molar-refractivity contribution < 1.29 is 4.79 Å². The van der Waals surface area contributed by atoms with Crippen molar-refractivity contribution in [3.05, 3.63) is 20.3 Å². The van der Waals surface area contributed by atoms with Gasteiger partial charge >= 0.3 is 0 Å². The van der Waals surface area contributed by atoms with Crippen LogP contribution in [0.2, 0.25) is 0 Å². The van der Waals surface area contributed by atoms with Crippen molar-refractivity contribution in [2.24, 2.45) is 5.92 Å². The molecule has 1 aromatic heterocycles. The van der Waals surface area contributed by atoms with Gasteiger partial charge in [-0.2, -0.15) is 0 Å². The second-order valence-corrected chi connectivity index (χ2v) is 6.42. The van der Waals surface area contributed by atoms with Gasteiger partial charge in [-0.3, -0.25) is 4.79 Å². The molecule has 0 bridgehead atoms. The minimum absolute atomic E-state index is 0.0785. The van der Waals surface area contributed by atoms with Gasteiger partial charge in [0.15, 0.2) is 0 Å². The first-order chi connectivity index (χ1) is 7.11. The van der Waals surface area contributed by atoms with Crippen molar-refractivity contribution in [1.82, 2.24) is 5.32 Å². The van der Waals surface area contributed by atoms with Crippen molar-refractivity contribution >= 4 is 33.2 Å². The van der Waals surface area contributed by atoms with Crippen molar-refractivity contribution in [1.29, 1.82) is 0 Å². The van der Waals surface area contributed by atoms with Crippen LogP contribution in [0, 0.1) is 12.8 Å². The Hall–Kier alpha value is -0.350. The third kappa shape index (κ3) is 2.42. The van der Waals surface area contributed by atoms with E-state index in [4.69, 9.17) is 0 Å². The molecule has 4 heteroatoms. The summed E-state index contributed by atoms with van der Waals surface area (Å²) in [5, 5.41) is 3.06. The highest BCUT2D eigenvalue weighted by Gasteiger charge is 2.36. The molecule has 0 saturated heterocycles. The molecule has 2 atom stereocenters. The highest BCUT2D eigenvalue weighted by molar-refractivity contribution is 9.11. The molecule has 2 rings (SSSR count). The van der Waals surface area contributed by atoms with Crippen LogP contribution in [-0.2, 0) is 0 Å². The van der Waals surface area contributed by atoms with Gasteiger partial charge in [-0.05, 0) is 46.8 Å². The zero-order valence-electron chi connectivity index (χ0n) is 8.84. The summed E-state index contributed by atoms with van der Waals surface area (Å²) in [6.45, 7) is 4.17. The van der Waals surface area contributed by atoms with Crippen LogP contribution < -0.4 is 5.32 Å². The van der Waals surface area contributed by atoms with E-state index >= 15 is 0 Å². The van der Waals surface area contributed by atoms with Gasteiger partial charge in [-0.1, -0.05) is 13.3 Å². The van der Waals surface area contributed by atoms with Gasteiger partial charge in [0.1, 0.15) is 0 Å². The highest BCUT2D eigenvalue weighted by Crippen LogP contribution is 2.34. The molecule has 15 heavy (non-hydrogen) atoms. The largest absolute Gasteiger partial charge is 0.348 e. The molecule has 0 aromatic carbocycles. The van der Waals surface area contributed by atoms with Crippen LogP contribution >= 0.6 is 27.3 Å². The van der Waals surface area contributed by atoms with Gasteiger partial charge < -0.3 is 5.32 Å². The highest BCUT2D eigenvalue weighted by atomic mass is 79.9. The van der Waals surface area contributed by atoms with Crippen molar-refractivity contribution in [3.63, 3.8) is 0 Å². The average molecular weight is 288 g/mol. The Bertz CT molecular complexity index is 368. The Morgan fingerprint density at radius 1 is 1.73 bits per heavy atom.